The fraction of sp³-hybridized carbons (Fsp3) is 0.667. The average Bonchev–Trinajstić information content (AvgIpc) is 2.81. The van der Waals surface area contributed by atoms with E-state index in [9.17, 15) is 0 Å². The number of fused-ring (bicyclic) bond motifs is 1. The molecule has 2 heterocycles. The molecule has 3 rings (SSSR count). The second kappa shape index (κ2) is 4.69. The van der Waals surface area contributed by atoms with Gasteiger partial charge in [0.2, 0.25) is 11.2 Å². The third-order valence-electron chi connectivity index (χ3n) is 3.45. The van der Waals surface area contributed by atoms with Crippen LogP contribution in [0.1, 0.15) is 37.7 Å². The highest BCUT2D eigenvalue weighted by atomic mass is 35.5. The van der Waals surface area contributed by atoms with Crippen molar-refractivity contribution in [2.45, 2.75) is 44.6 Å². The van der Waals surface area contributed by atoms with Crippen molar-refractivity contribution in [2.75, 3.05) is 11.9 Å². The zero-order valence-corrected chi connectivity index (χ0v) is 10.5. The summed E-state index contributed by atoms with van der Waals surface area (Å²) in [4.78, 5) is 8.45. The van der Waals surface area contributed by atoms with E-state index in [2.05, 4.69) is 15.3 Å². The molecular formula is C12H16ClN3O. The normalized spacial score (nSPS) is 19.8. The molecule has 0 radical (unpaired) electrons. The van der Waals surface area contributed by atoms with Crippen molar-refractivity contribution in [1.29, 1.82) is 0 Å². The Morgan fingerprint density at radius 2 is 2.00 bits per heavy atom. The number of aromatic nitrogens is 2. The molecule has 0 amide bonds. The number of rotatable bonds is 2. The molecule has 1 aliphatic heterocycles. The van der Waals surface area contributed by atoms with Crippen molar-refractivity contribution < 1.29 is 4.74 Å². The number of hydrogen-bond acceptors (Lipinski definition) is 4. The van der Waals surface area contributed by atoms with Gasteiger partial charge in [-0.1, -0.05) is 12.8 Å². The second-order valence-corrected chi connectivity index (χ2v) is 5.04. The van der Waals surface area contributed by atoms with E-state index in [4.69, 9.17) is 16.3 Å². The first kappa shape index (κ1) is 11.1. The minimum absolute atomic E-state index is 0.270. The Hall–Kier alpha value is -1.03. The van der Waals surface area contributed by atoms with Gasteiger partial charge in [0.1, 0.15) is 5.82 Å². The highest BCUT2D eigenvalue weighted by molar-refractivity contribution is 6.28. The molecule has 0 spiro atoms. The SMILES string of the molecule is Clc1nc(NC2CCCC2)c2c(n1)OCCC2. The Bertz CT molecular complexity index is 418. The predicted molar refractivity (Wildman–Crippen MR) is 66.7 cm³/mol. The summed E-state index contributed by atoms with van der Waals surface area (Å²) in [7, 11) is 0. The van der Waals surface area contributed by atoms with Crippen molar-refractivity contribution in [1.82, 2.24) is 9.97 Å². The lowest BCUT2D eigenvalue weighted by atomic mass is 10.1. The van der Waals surface area contributed by atoms with Crippen molar-refractivity contribution in [3.63, 3.8) is 0 Å². The molecule has 1 aromatic rings. The van der Waals surface area contributed by atoms with E-state index < -0.39 is 0 Å². The predicted octanol–water partition coefficient (Wildman–Crippen LogP) is 2.81. The second-order valence-electron chi connectivity index (χ2n) is 4.70. The van der Waals surface area contributed by atoms with Gasteiger partial charge in [-0.05, 0) is 37.3 Å². The van der Waals surface area contributed by atoms with Crippen LogP contribution < -0.4 is 10.1 Å². The lowest BCUT2D eigenvalue weighted by Gasteiger charge is -2.21. The van der Waals surface area contributed by atoms with Crippen LogP contribution in [0.2, 0.25) is 5.28 Å². The molecule has 1 fully saturated rings. The molecule has 0 atom stereocenters. The van der Waals surface area contributed by atoms with Gasteiger partial charge >= 0.3 is 0 Å². The van der Waals surface area contributed by atoms with E-state index in [-0.39, 0.29) is 5.28 Å². The van der Waals surface area contributed by atoms with Crippen LogP contribution in [0.3, 0.4) is 0 Å². The quantitative estimate of drug-likeness (QED) is 0.824. The van der Waals surface area contributed by atoms with Crippen LogP contribution in [0.5, 0.6) is 5.88 Å². The van der Waals surface area contributed by atoms with Crippen molar-refractivity contribution in [2.24, 2.45) is 0 Å². The maximum absolute atomic E-state index is 5.93. The highest BCUT2D eigenvalue weighted by Crippen LogP contribution is 2.31. The van der Waals surface area contributed by atoms with Crippen LogP contribution in [0.4, 0.5) is 5.82 Å². The standard InChI is InChI=1S/C12H16ClN3O/c13-12-15-10(14-8-4-1-2-5-8)9-6-3-7-17-11(9)16-12/h8H,1-7H2,(H,14,15,16). The molecule has 2 aliphatic rings. The first-order chi connectivity index (χ1) is 8.33. The third kappa shape index (κ3) is 2.32. The van der Waals surface area contributed by atoms with Gasteiger partial charge < -0.3 is 10.1 Å². The van der Waals surface area contributed by atoms with Crippen LogP contribution in [-0.4, -0.2) is 22.6 Å². The lowest BCUT2D eigenvalue weighted by molar-refractivity contribution is 0.276. The largest absolute Gasteiger partial charge is 0.477 e. The molecule has 1 aliphatic carbocycles. The number of halogens is 1. The zero-order chi connectivity index (χ0) is 11.7. The van der Waals surface area contributed by atoms with Crippen LogP contribution in [0.25, 0.3) is 0 Å². The Morgan fingerprint density at radius 3 is 2.82 bits per heavy atom. The monoisotopic (exact) mass is 253 g/mol. The van der Waals surface area contributed by atoms with Gasteiger partial charge in [-0.25, -0.2) is 4.98 Å². The average molecular weight is 254 g/mol. The van der Waals surface area contributed by atoms with Gasteiger partial charge in [-0.2, -0.15) is 4.98 Å². The molecule has 1 saturated carbocycles. The van der Waals surface area contributed by atoms with Gasteiger partial charge in [0.25, 0.3) is 0 Å². The maximum atomic E-state index is 5.93. The minimum atomic E-state index is 0.270. The molecule has 0 bridgehead atoms. The maximum Gasteiger partial charge on any atom is 0.227 e. The number of ether oxygens (including phenoxy) is 1. The summed E-state index contributed by atoms with van der Waals surface area (Å²) in [5.41, 5.74) is 1.09. The molecule has 1 N–H and O–H groups in total. The summed E-state index contributed by atoms with van der Waals surface area (Å²) in [6.45, 7) is 0.725. The molecule has 0 saturated heterocycles. The first-order valence-corrected chi connectivity index (χ1v) is 6.66. The van der Waals surface area contributed by atoms with E-state index in [1.54, 1.807) is 0 Å². The molecule has 1 aromatic heterocycles. The number of anilines is 1. The van der Waals surface area contributed by atoms with Crippen molar-refractivity contribution >= 4 is 17.4 Å². The summed E-state index contributed by atoms with van der Waals surface area (Å²) in [6.07, 6.45) is 7.04. The topological polar surface area (TPSA) is 47.0 Å². The Balaban J connectivity index is 1.88. The van der Waals surface area contributed by atoms with Crippen molar-refractivity contribution in [3.05, 3.63) is 10.8 Å². The van der Waals surface area contributed by atoms with E-state index in [1.807, 2.05) is 0 Å². The van der Waals surface area contributed by atoms with E-state index in [1.165, 1.54) is 25.7 Å². The lowest BCUT2D eigenvalue weighted by Crippen LogP contribution is -2.20. The van der Waals surface area contributed by atoms with Gasteiger partial charge in [0, 0.05) is 6.04 Å². The Labute approximate surface area is 106 Å². The summed E-state index contributed by atoms with van der Waals surface area (Å²) >= 11 is 5.93. The molecular weight excluding hydrogens is 238 g/mol. The van der Waals surface area contributed by atoms with Gasteiger partial charge in [-0.15, -0.1) is 0 Å². The molecule has 92 valence electrons. The van der Waals surface area contributed by atoms with Gasteiger partial charge in [-0.3, -0.25) is 0 Å². The van der Waals surface area contributed by atoms with E-state index in [0.717, 1.165) is 30.8 Å². The first-order valence-electron chi connectivity index (χ1n) is 6.28. The van der Waals surface area contributed by atoms with Gasteiger partial charge in [0.05, 0.1) is 12.2 Å². The molecule has 0 aromatic carbocycles. The van der Waals surface area contributed by atoms with Crippen LogP contribution in [0, 0.1) is 0 Å². The van der Waals surface area contributed by atoms with Crippen LogP contribution >= 0.6 is 11.6 Å². The molecule has 5 heteroatoms. The zero-order valence-electron chi connectivity index (χ0n) is 9.71. The minimum Gasteiger partial charge on any atom is -0.477 e. The van der Waals surface area contributed by atoms with Crippen molar-refractivity contribution in [3.8, 4) is 5.88 Å². The number of nitrogens with zero attached hydrogens (tertiary/aromatic N) is 2. The van der Waals surface area contributed by atoms with E-state index in [0.29, 0.717) is 11.9 Å². The highest BCUT2D eigenvalue weighted by Gasteiger charge is 2.22. The molecule has 4 nitrogen and oxygen atoms in total. The van der Waals surface area contributed by atoms with E-state index >= 15 is 0 Å². The van der Waals surface area contributed by atoms with Crippen LogP contribution in [-0.2, 0) is 6.42 Å². The Kier molecular flexibility index (Phi) is 3.05. The third-order valence-corrected chi connectivity index (χ3v) is 3.62. The smallest absolute Gasteiger partial charge is 0.227 e. The fourth-order valence-corrected chi connectivity index (χ4v) is 2.74. The molecule has 0 unspecified atom stereocenters. The molecule has 17 heavy (non-hydrogen) atoms. The number of nitrogens with one attached hydrogen (secondary N) is 1. The number of hydrogen-bond donors (Lipinski definition) is 1. The summed E-state index contributed by atoms with van der Waals surface area (Å²) in [5.74, 6) is 1.54. The summed E-state index contributed by atoms with van der Waals surface area (Å²) in [5, 5.41) is 3.76. The van der Waals surface area contributed by atoms with Crippen LogP contribution in [0.15, 0.2) is 0 Å². The Morgan fingerprint density at radius 1 is 1.18 bits per heavy atom. The summed E-state index contributed by atoms with van der Waals surface area (Å²) < 4.78 is 5.53. The summed E-state index contributed by atoms with van der Waals surface area (Å²) in [6, 6.07) is 0.534. The fourth-order valence-electron chi connectivity index (χ4n) is 2.58. The van der Waals surface area contributed by atoms with Gasteiger partial charge in [0.15, 0.2) is 0 Å².